The number of aromatic nitrogens is 1. The van der Waals surface area contributed by atoms with E-state index in [1.807, 2.05) is 19.9 Å². The zero-order valence-corrected chi connectivity index (χ0v) is 18.0. The molecule has 0 aliphatic heterocycles. The van der Waals surface area contributed by atoms with Gasteiger partial charge in [-0.25, -0.2) is 0 Å². The number of hydrogen-bond acceptors (Lipinski definition) is 5. The van der Waals surface area contributed by atoms with Crippen LogP contribution in [0.5, 0.6) is 11.6 Å². The number of carbonyl (C=O) groups excluding carboxylic acids is 1. The number of ether oxygens (including phenoxy) is 1. The summed E-state index contributed by atoms with van der Waals surface area (Å²) in [7, 11) is 0. The van der Waals surface area contributed by atoms with Crippen LogP contribution in [0.1, 0.15) is 60.2 Å². The number of ketones is 1. The summed E-state index contributed by atoms with van der Waals surface area (Å²) in [5.74, 6) is -0.783. The van der Waals surface area contributed by atoms with Crippen molar-refractivity contribution < 1.29 is 14.6 Å². The summed E-state index contributed by atoms with van der Waals surface area (Å²) in [6.45, 7) is 5.94. The zero-order chi connectivity index (χ0) is 21.7. The smallest absolute Gasteiger partial charge is 0.271 e. The van der Waals surface area contributed by atoms with Crippen LogP contribution in [-0.4, -0.2) is 22.1 Å². The highest BCUT2D eigenvalue weighted by molar-refractivity contribution is 6.38. The van der Waals surface area contributed by atoms with E-state index in [0.717, 1.165) is 17.4 Å². The monoisotopic (exact) mass is 436 g/mol. The first-order valence-electron chi connectivity index (χ1n) is 9.31. The van der Waals surface area contributed by atoms with E-state index >= 15 is 0 Å². The molecule has 2 aromatic rings. The normalized spacial score (nSPS) is 10.6. The van der Waals surface area contributed by atoms with Gasteiger partial charge >= 0.3 is 0 Å². The number of benzene rings is 1. The van der Waals surface area contributed by atoms with E-state index in [4.69, 9.17) is 27.9 Å². The van der Waals surface area contributed by atoms with E-state index in [1.165, 1.54) is 19.1 Å². The second-order valence-corrected chi connectivity index (χ2v) is 7.38. The maximum atomic E-state index is 13.2. The SMILES string of the molecule is CCCCn1c(O)c(C(=O)c2cc(Cl)c(OCCC)c(Cl)c2)c(C)c(C#N)c1=O. The van der Waals surface area contributed by atoms with Gasteiger partial charge in [-0.15, -0.1) is 0 Å². The molecule has 0 saturated heterocycles. The molecule has 0 fully saturated rings. The van der Waals surface area contributed by atoms with Crippen LogP contribution in [0.4, 0.5) is 0 Å². The first-order valence-corrected chi connectivity index (χ1v) is 10.1. The van der Waals surface area contributed by atoms with E-state index < -0.39 is 17.2 Å². The summed E-state index contributed by atoms with van der Waals surface area (Å²) in [5.41, 5.74) is -0.682. The lowest BCUT2D eigenvalue weighted by Gasteiger charge is -2.16. The molecule has 6 nitrogen and oxygen atoms in total. The molecule has 0 aliphatic carbocycles. The predicted molar refractivity (Wildman–Crippen MR) is 112 cm³/mol. The molecule has 2 rings (SSSR count). The van der Waals surface area contributed by atoms with Gasteiger partial charge in [-0.1, -0.05) is 43.5 Å². The van der Waals surface area contributed by atoms with Crippen LogP contribution < -0.4 is 10.3 Å². The van der Waals surface area contributed by atoms with E-state index in [9.17, 15) is 20.0 Å². The highest BCUT2D eigenvalue weighted by Crippen LogP contribution is 2.36. The largest absolute Gasteiger partial charge is 0.494 e. The van der Waals surface area contributed by atoms with Crippen molar-refractivity contribution in [3.8, 4) is 17.7 Å². The average Bonchev–Trinajstić information content (AvgIpc) is 2.67. The number of aromatic hydroxyl groups is 1. The number of nitriles is 1. The first-order chi connectivity index (χ1) is 13.8. The molecule has 0 amide bonds. The number of nitrogens with zero attached hydrogens (tertiary/aromatic N) is 2. The van der Waals surface area contributed by atoms with Crippen LogP contribution in [0.3, 0.4) is 0 Å². The van der Waals surface area contributed by atoms with Crippen LogP contribution in [0, 0.1) is 18.3 Å². The molecule has 1 aromatic carbocycles. The summed E-state index contributed by atoms with van der Waals surface area (Å²) in [6.07, 6.45) is 2.14. The molecule has 1 N–H and O–H groups in total. The van der Waals surface area contributed by atoms with Gasteiger partial charge in [0.2, 0.25) is 5.88 Å². The Morgan fingerprint density at radius 2 is 1.86 bits per heavy atom. The van der Waals surface area contributed by atoms with E-state index in [2.05, 4.69) is 0 Å². The molecule has 0 saturated carbocycles. The Bertz CT molecular complexity index is 1020. The van der Waals surface area contributed by atoms with Gasteiger partial charge < -0.3 is 9.84 Å². The number of hydrogen-bond donors (Lipinski definition) is 1. The minimum Gasteiger partial charge on any atom is -0.494 e. The molecule has 154 valence electrons. The van der Waals surface area contributed by atoms with E-state index in [-0.39, 0.29) is 44.6 Å². The number of unbranched alkanes of at least 4 members (excludes halogenated alkanes) is 1. The van der Waals surface area contributed by atoms with Gasteiger partial charge in [-0.3, -0.25) is 14.2 Å². The van der Waals surface area contributed by atoms with Gasteiger partial charge in [0.05, 0.1) is 22.2 Å². The van der Waals surface area contributed by atoms with Crippen molar-refractivity contribution >= 4 is 29.0 Å². The van der Waals surface area contributed by atoms with Crippen molar-refractivity contribution in [1.82, 2.24) is 4.57 Å². The molecule has 0 aliphatic rings. The number of carbonyl (C=O) groups is 1. The van der Waals surface area contributed by atoms with E-state index in [0.29, 0.717) is 13.0 Å². The molecule has 1 heterocycles. The van der Waals surface area contributed by atoms with Crippen LogP contribution >= 0.6 is 23.2 Å². The Labute approximate surface area is 179 Å². The fraction of sp³-hybridized carbons (Fsp3) is 0.381. The van der Waals surface area contributed by atoms with Gasteiger partial charge in [-0.2, -0.15) is 5.26 Å². The Balaban J connectivity index is 2.64. The van der Waals surface area contributed by atoms with Crippen molar-refractivity contribution in [2.45, 2.75) is 46.6 Å². The second kappa shape index (κ2) is 9.82. The van der Waals surface area contributed by atoms with Crippen LogP contribution in [0.25, 0.3) is 0 Å². The van der Waals surface area contributed by atoms with Crippen LogP contribution in [0.15, 0.2) is 16.9 Å². The lowest BCUT2D eigenvalue weighted by atomic mass is 9.97. The molecule has 1 aromatic heterocycles. The lowest BCUT2D eigenvalue weighted by Crippen LogP contribution is -2.27. The van der Waals surface area contributed by atoms with Crippen molar-refractivity contribution in [1.29, 1.82) is 5.26 Å². The van der Waals surface area contributed by atoms with Gasteiger partial charge in [0.15, 0.2) is 11.5 Å². The van der Waals surface area contributed by atoms with Crippen LogP contribution in [-0.2, 0) is 6.54 Å². The Kier molecular flexibility index (Phi) is 7.72. The fourth-order valence-electron chi connectivity index (χ4n) is 2.92. The Hall–Kier alpha value is -2.49. The highest BCUT2D eigenvalue weighted by Gasteiger charge is 2.26. The summed E-state index contributed by atoms with van der Waals surface area (Å²) >= 11 is 12.5. The maximum absolute atomic E-state index is 13.2. The van der Waals surface area contributed by atoms with Gasteiger partial charge in [-0.05, 0) is 37.5 Å². The molecule has 0 unspecified atom stereocenters. The van der Waals surface area contributed by atoms with Gasteiger partial charge in [0.25, 0.3) is 5.56 Å². The zero-order valence-electron chi connectivity index (χ0n) is 16.5. The Morgan fingerprint density at radius 1 is 1.24 bits per heavy atom. The van der Waals surface area contributed by atoms with Gasteiger partial charge in [0, 0.05) is 12.1 Å². The summed E-state index contributed by atoms with van der Waals surface area (Å²) < 4.78 is 6.57. The molecule has 0 spiro atoms. The van der Waals surface area contributed by atoms with Crippen molar-refractivity contribution in [2.24, 2.45) is 0 Å². The number of pyridine rings is 1. The average molecular weight is 437 g/mol. The van der Waals surface area contributed by atoms with Crippen LogP contribution in [0.2, 0.25) is 10.0 Å². The highest BCUT2D eigenvalue weighted by atomic mass is 35.5. The van der Waals surface area contributed by atoms with Crippen molar-refractivity contribution in [3.63, 3.8) is 0 Å². The molecule has 0 bridgehead atoms. The third-order valence-corrected chi connectivity index (χ3v) is 5.03. The summed E-state index contributed by atoms with van der Waals surface area (Å²) in [5, 5.41) is 20.4. The predicted octanol–water partition coefficient (Wildman–Crippen LogP) is 4.86. The molecular weight excluding hydrogens is 415 g/mol. The topological polar surface area (TPSA) is 92.3 Å². The minimum absolute atomic E-state index is 0.117. The summed E-state index contributed by atoms with van der Waals surface area (Å²) in [4.78, 5) is 25.7. The minimum atomic E-state index is -0.619. The van der Waals surface area contributed by atoms with E-state index in [1.54, 1.807) is 0 Å². The third-order valence-electron chi connectivity index (χ3n) is 4.47. The van der Waals surface area contributed by atoms with Gasteiger partial charge in [0.1, 0.15) is 11.6 Å². The second-order valence-electron chi connectivity index (χ2n) is 6.57. The lowest BCUT2D eigenvalue weighted by molar-refractivity contribution is 0.103. The molecule has 0 radical (unpaired) electrons. The third kappa shape index (κ3) is 4.58. The molecule has 0 atom stereocenters. The summed E-state index contributed by atoms with van der Waals surface area (Å²) in [6, 6.07) is 4.63. The quantitative estimate of drug-likeness (QED) is 0.596. The fourth-order valence-corrected chi connectivity index (χ4v) is 3.52. The molecular formula is C21H22Cl2N2O4. The molecule has 8 heteroatoms. The maximum Gasteiger partial charge on any atom is 0.271 e. The molecule has 29 heavy (non-hydrogen) atoms. The van der Waals surface area contributed by atoms with Crippen molar-refractivity contribution in [2.75, 3.05) is 6.61 Å². The number of halogens is 2. The first kappa shape index (κ1) is 22.8. The standard InChI is InChI=1S/C21H22Cl2N2O4/c1-4-6-7-25-20(27)14(11-24)12(3)17(21(25)28)18(26)13-9-15(22)19(16(23)10-13)29-8-5-2/h9-10,28H,4-8H2,1-3H3. The van der Waals surface area contributed by atoms with Crippen molar-refractivity contribution in [3.05, 3.63) is 54.8 Å². The number of rotatable bonds is 8. The Morgan fingerprint density at radius 3 is 2.38 bits per heavy atom.